The van der Waals surface area contributed by atoms with Gasteiger partial charge in [-0.25, -0.2) is 18.4 Å². The summed E-state index contributed by atoms with van der Waals surface area (Å²) < 4.78 is 65.0. The molecule has 0 unspecified atom stereocenters. The van der Waals surface area contributed by atoms with E-state index in [2.05, 4.69) is 4.74 Å². The van der Waals surface area contributed by atoms with Crippen LogP contribution in [0, 0.1) is 0 Å². The SMILES string of the molecule is CCCOC(=O)c1scc(C(F)(F)F)c1S(N)(=O)=O. The Kier molecular flexibility index (Phi) is 4.59. The standard InChI is InChI=1S/C9H10F3NO4S2/c1-2-3-17-8(14)6-7(19(13,15)16)5(4-18-6)9(10,11)12/h4H,2-3H2,1H3,(H2,13,15,16). The molecular formula is C9H10F3NO4S2. The van der Waals surface area contributed by atoms with E-state index in [1.807, 2.05) is 0 Å². The molecule has 19 heavy (non-hydrogen) atoms. The van der Waals surface area contributed by atoms with Crippen molar-refractivity contribution < 1.29 is 31.1 Å². The molecule has 0 amide bonds. The quantitative estimate of drug-likeness (QED) is 0.860. The Balaban J connectivity index is 3.36. The van der Waals surface area contributed by atoms with Gasteiger partial charge in [-0.1, -0.05) is 6.92 Å². The Morgan fingerprint density at radius 1 is 1.47 bits per heavy atom. The van der Waals surface area contributed by atoms with Gasteiger partial charge < -0.3 is 4.74 Å². The zero-order valence-electron chi connectivity index (χ0n) is 9.65. The van der Waals surface area contributed by atoms with Crippen molar-refractivity contribution >= 4 is 27.3 Å². The van der Waals surface area contributed by atoms with E-state index in [0.29, 0.717) is 23.1 Å². The number of halogens is 3. The van der Waals surface area contributed by atoms with Gasteiger partial charge in [-0.05, 0) is 6.42 Å². The number of alkyl halides is 3. The first-order valence-corrected chi connectivity index (χ1v) is 7.40. The van der Waals surface area contributed by atoms with Crippen LogP contribution in [0.2, 0.25) is 0 Å². The third-order valence-corrected chi connectivity index (χ3v) is 4.04. The molecule has 0 radical (unpaired) electrons. The number of hydrogen-bond donors (Lipinski definition) is 1. The van der Waals surface area contributed by atoms with Gasteiger partial charge in [0.2, 0.25) is 10.0 Å². The predicted octanol–water partition coefficient (Wildman–Crippen LogP) is 1.98. The first-order chi connectivity index (χ1) is 8.59. The van der Waals surface area contributed by atoms with Crippen LogP contribution in [0.1, 0.15) is 28.6 Å². The van der Waals surface area contributed by atoms with E-state index in [1.54, 1.807) is 6.92 Å². The molecule has 0 bridgehead atoms. The zero-order valence-corrected chi connectivity index (χ0v) is 11.3. The van der Waals surface area contributed by atoms with Crippen molar-refractivity contribution in [2.24, 2.45) is 5.14 Å². The molecule has 5 nitrogen and oxygen atoms in total. The Hall–Kier alpha value is -1.13. The Morgan fingerprint density at radius 2 is 2.05 bits per heavy atom. The molecule has 0 saturated carbocycles. The molecule has 0 saturated heterocycles. The first kappa shape index (κ1) is 15.9. The van der Waals surface area contributed by atoms with Crippen LogP contribution in [0.15, 0.2) is 10.3 Å². The number of sulfonamides is 1. The maximum absolute atomic E-state index is 12.6. The van der Waals surface area contributed by atoms with Gasteiger partial charge in [0.1, 0.15) is 9.77 Å². The first-order valence-electron chi connectivity index (χ1n) is 4.97. The number of esters is 1. The van der Waals surface area contributed by atoms with Gasteiger partial charge in [-0.15, -0.1) is 11.3 Å². The third-order valence-electron chi connectivity index (χ3n) is 1.96. The number of carbonyl (C=O) groups excluding carboxylic acids is 1. The minimum Gasteiger partial charge on any atom is -0.461 e. The van der Waals surface area contributed by atoms with Gasteiger partial charge in [-0.3, -0.25) is 0 Å². The minimum atomic E-state index is -4.92. The third kappa shape index (κ3) is 3.67. The summed E-state index contributed by atoms with van der Waals surface area (Å²) in [5.74, 6) is -1.13. The number of nitrogens with two attached hydrogens (primary N) is 1. The van der Waals surface area contributed by atoms with E-state index in [9.17, 15) is 26.4 Å². The molecule has 0 aliphatic carbocycles. The second kappa shape index (κ2) is 5.47. The number of ether oxygens (including phenoxy) is 1. The minimum absolute atomic E-state index is 0.0257. The average Bonchev–Trinajstić information content (AvgIpc) is 2.69. The van der Waals surface area contributed by atoms with Crippen LogP contribution < -0.4 is 5.14 Å². The molecule has 1 heterocycles. The van der Waals surface area contributed by atoms with Gasteiger partial charge in [0.15, 0.2) is 0 Å². The molecule has 108 valence electrons. The van der Waals surface area contributed by atoms with Gasteiger partial charge in [0.05, 0.1) is 12.2 Å². The Morgan fingerprint density at radius 3 is 2.47 bits per heavy atom. The molecule has 0 fully saturated rings. The molecular weight excluding hydrogens is 307 g/mol. The second-order valence-electron chi connectivity index (χ2n) is 3.49. The highest BCUT2D eigenvalue weighted by atomic mass is 32.2. The number of carbonyl (C=O) groups is 1. The summed E-state index contributed by atoms with van der Waals surface area (Å²) in [6.45, 7) is 1.66. The van der Waals surface area contributed by atoms with E-state index >= 15 is 0 Å². The summed E-state index contributed by atoms with van der Waals surface area (Å²) in [5.41, 5.74) is -1.46. The molecule has 0 spiro atoms. The van der Waals surface area contributed by atoms with Crippen molar-refractivity contribution in [2.75, 3.05) is 6.61 Å². The van der Waals surface area contributed by atoms with Crippen LogP contribution in [0.4, 0.5) is 13.2 Å². The van der Waals surface area contributed by atoms with E-state index < -0.39 is 37.5 Å². The van der Waals surface area contributed by atoms with Crippen molar-refractivity contribution in [1.82, 2.24) is 0 Å². The number of rotatable bonds is 4. The van der Waals surface area contributed by atoms with Crippen molar-refractivity contribution in [1.29, 1.82) is 0 Å². The van der Waals surface area contributed by atoms with Gasteiger partial charge in [0.25, 0.3) is 0 Å². The lowest BCUT2D eigenvalue weighted by molar-refractivity contribution is -0.139. The van der Waals surface area contributed by atoms with E-state index in [1.165, 1.54) is 0 Å². The highest BCUT2D eigenvalue weighted by Crippen LogP contribution is 2.39. The number of thiophene rings is 1. The molecule has 1 aromatic heterocycles. The van der Waals surface area contributed by atoms with Crippen molar-refractivity contribution in [2.45, 2.75) is 24.4 Å². The van der Waals surface area contributed by atoms with E-state index in [4.69, 9.17) is 5.14 Å². The van der Waals surface area contributed by atoms with Crippen molar-refractivity contribution in [3.63, 3.8) is 0 Å². The fourth-order valence-electron chi connectivity index (χ4n) is 1.23. The van der Waals surface area contributed by atoms with E-state index in [0.717, 1.165) is 0 Å². The topological polar surface area (TPSA) is 86.5 Å². The van der Waals surface area contributed by atoms with Crippen LogP contribution in [0.3, 0.4) is 0 Å². The van der Waals surface area contributed by atoms with Crippen LogP contribution in [0.5, 0.6) is 0 Å². The van der Waals surface area contributed by atoms with Crippen LogP contribution in [0.25, 0.3) is 0 Å². The molecule has 0 aromatic carbocycles. The molecule has 1 aromatic rings. The number of hydrogen-bond acceptors (Lipinski definition) is 5. The molecule has 0 atom stereocenters. The summed E-state index contributed by atoms with van der Waals surface area (Å²) in [7, 11) is -4.68. The Bertz CT molecular complexity index is 577. The summed E-state index contributed by atoms with van der Waals surface area (Å²) in [5, 5.41) is 5.27. The summed E-state index contributed by atoms with van der Waals surface area (Å²) in [6.07, 6.45) is -4.46. The van der Waals surface area contributed by atoms with Gasteiger partial charge in [-0.2, -0.15) is 13.2 Å². The predicted molar refractivity (Wildman–Crippen MR) is 61.3 cm³/mol. The smallest absolute Gasteiger partial charge is 0.418 e. The summed E-state index contributed by atoms with van der Waals surface area (Å²) >= 11 is 0.335. The lowest BCUT2D eigenvalue weighted by Gasteiger charge is -2.08. The molecule has 0 aliphatic rings. The second-order valence-corrected chi connectivity index (χ2v) is 5.86. The van der Waals surface area contributed by atoms with Crippen LogP contribution in [-0.2, 0) is 20.9 Å². The summed E-state index contributed by atoms with van der Waals surface area (Å²) in [6, 6.07) is 0. The van der Waals surface area contributed by atoms with E-state index in [-0.39, 0.29) is 6.61 Å². The van der Waals surface area contributed by atoms with Crippen LogP contribution >= 0.6 is 11.3 Å². The van der Waals surface area contributed by atoms with Crippen molar-refractivity contribution in [3.8, 4) is 0 Å². The summed E-state index contributed by atoms with van der Waals surface area (Å²) in [4.78, 5) is 9.62. The fourth-order valence-corrected chi connectivity index (χ4v) is 3.48. The van der Waals surface area contributed by atoms with Crippen LogP contribution in [-0.4, -0.2) is 21.0 Å². The maximum Gasteiger partial charge on any atom is 0.418 e. The number of primary sulfonamides is 1. The molecule has 2 N–H and O–H groups in total. The Labute approximate surface area is 111 Å². The average molecular weight is 317 g/mol. The lowest BCUT2D eigenvalue weighted by Crippen LogP contribution is -2.20. The molecule has 1 rings (SSSR count). The highest BCUT2D eigenvalue weighted by molar-refractivity contribution is 7.89. The molecule has 10 heteroatoms. The van der Waals surface area contributed by atoms with Gasteiger partial charge in [0, 0.05) is 5.38 Å². The molecule has 0 aliphatic heterocycles. The highest BCUT2D eigenvalue weighted by Gasteiger charge is 2.41. The maximum atomic E-state index is 12.6. The zero-order chi connectivity index (χ0) is 14.8. The monoisotopic (exact) mass is 317 g/mol. The lowest BCUT2D eigenvalue weighted by atomic mass is 10.3. The fraction of sp³-hybridized carbons (Fsp3) is 0.444. The largest absolute Gasteiger partial charge is 0.461 e. The normalized spacial score (nSPS) is 12.5. The van der Waals surface area contributed by atoms with Gasteiger partial charge >= 0.3 is 12.1 Å². The van der Waals surface area contributed by atoms with Crippen molar-refractivity contribution in [3.05, 3.63) is 15.8 Å².